The molecule has 0 aliphatic rings. The van der Waals surface area contributed by atoms with Crippen LogP contribution < -0.4 is 10.6 Å². The second kappa shape index (κ2) is 6.84. The van der Waals surface area contributed by atoms with E-state index in [9.17, 15) is 4.79 Å². The summed E-state index contributed by atoms with van der Waals surface area (Å²) in [6, 6.07) is 11.6. The van der Waals surface area contributed by atoms with Crippen molar-refractivity contribution >= 4 is 28.7 Å². The Balaban J connectivity index is 2.14. The number of hydrogen-bond donors (Lipinski definition) is 1. The third kappa shape index (κ3) is 3.03. The van der Waals surface area contributed by atoms with Gasteiger partial charge in [-0.3, -0.25) is 4.40 Å². The van der Waals surface area contributed by atoms with Crippen LogP contribution in [0.1, 0.15) is 30.0 Å². The molecule has 0 bridgehead atoms. The van der Waals surface area contributed by atoms with Crippen LogP contribution in [0.25, 0.3) is 5.65 Å². The molecule has 0 aliphatic heterocycles. The summed E-state index contributed by atoms with van der Waals surface area (Å²) in [6.45, 7) is 6.77. The minimum atomic E-state index is -0.361. The number of benzene rings is 1. The van der Waals surface area contributed by atoms with Crippen molar-refractivity contribution in [3.05, 3.63) is 54.0 Å². The fourth-order valence-corrected chi connectivity index (χ4v) is 2.97. The van der Waals surface area contributed by atoms with Gasteiger partial charge in [-0.15, -0.1) is 0 Å². The predicted molar refractivity (Wildman–Crippen MR) is 99.4 cm³/mol. The number of carbonyl (C=O) groups excluding carboxylic acids is 1. The van der Waals surface area contributed by atoms with Crippen molar-refractivity contribution in [1.29, 1.82) is 0 Å². The molecule has 0 fully saturated rings. The SMILES string of the molecule is CCOC(=O)c1c(C)nc2c(N(CC)c3ccc(N)cc3)cccn12. The van der Waals surface area contributed by atoms with Gasteiger partial charge in [0.25, 0.3) is 0 Å². The molecule has 0 radical (unpaired) electrons. The van der Waals surface area contributed by atoms with Crippen LogP contribution in [0.15, 0.2) is 42.6 Å². The van der Waals surface area contributed by atoms with Gasteiger partial charge in [0.2, 0.25) is 0 Å². The number of pyridine rings is 1. The maximum atomic E-state index is 12.3. The first-order valence-electron chi connectivity index (χ1n) is 8.34. The largest absolute Gasteiger partial charge is 0.461 e. The van der Waals surface area contributed by atoms with E-state index in [4.69, 9.17) is 10.5 Å². The summed E-state index contributed by atoms with van der Waals surface area (Å²) in [7, 11) is 0. The second-order valence-electron chi connectivity index (χ2n) is 5.69. The molecular weight excluding hydrogens is 316 g/mol. The van der Waals surface area contributed by atoms with Gasteiger partial charge in [0.1, 0.15) is 0 Å². The molecule has 2 N–H and O–H groups in total. The second-order valence-corrected chi connectivity index (χ2v) is 5.69. The molecule has 25 heavy (non-hydrogen) atoms. The molecule has 3 rings (SSSR count). The van der Waals surface area contributed by atoms with Crippen LogP contribution in [0.5, 0.6) is 0 Å². The van der Waals surface area contributed by atoms with Crippen LogP contribution >= 0.6 is 0 Å². The van der Waals surface area contributed by atoms with Gasteiger partial charge in [-0.2, -0.15) is 0 Å². The summed E-state index contributed by atoms with van der Waals surface area (Å²) in [5.41, 5.74) is 10.3. The van der Waals surface area contributed by atoms with E-state index in [1.807, 2.05) is 49.5 Å². The first kappa shape index (κ1) is 16.8. The van der Waals surface area contributed by atoms with Crippen LogP contribution in [-0.4, -0.2) is 28.5 Å². The van der Waals surface area contributed by atoms with Gasteiger partial charge in [0.05, 0.1) is 18.0 Å². The van der Waals surface area contributed by atoms with Crippen molar-refractivity contribution in [3.63, 3.8) is 0 Å². The molecule has 0 atom stereocenters. The number of ether oxygens (including phenoxy) is 1. The van der Waals surface area contributed by atoms with Crippen LogP contribution in [0.4, 0.5) is 17.1 Å². The van der Waals surface area contributed by atoms with Crippen molar-refractivity contribution in [2.75, 3.05) is 23.8 Å². The summed E-state index contributed by atoms with van der Waals surface area (Å²) < 4.78 is 6.97. The highest BCUT2D eigenvalue weighted by Crippen LogP contribution is 2.30. The van der Waals surface area contributed by atoms with E-state index in [1.54, 1.807) is 11.3 Å². The first-order chi connectivity index (χ1) is 12.1. The van der Waals surface area contributed by atoms with Gasteiger partial charge in [-0.25, -0.2) is 9.78 Å². The van der Waals surface area contributed by atoms with E-state index >= 15 is 0 Å². The Hall–Kier alpha value is -3.02. The molecule has 3 aromatic rings. The smallest absolute Gasteiger partial charge is 0.357 e. The maximum absolute atomic E-state index is 12.3. The average Bonchev–Trinajstić information content (AvgIpc) is 2.94. The average molecular weight is 338 g/mol. The number of anilines is 3. The number of nitrogen functional groups attached to an aromatic ring is 1. The minimum Gasteiger partial charge on any atom is -0.461 e. The molecule has 0 unspecified atom stereocenters. The fraction of sp³-hybridized carbons (Fsp3) is 0.263. The third-order valence-electron chi connectivity index (χ3n) is 4.08. The number of nitrogens with two attached hydrogens (primary N) is 1. The summed E-state index contributed by atoms with van der Waals surface area (Å²) in [5, 5.41) is 0. The number of carbonyl (C=O) groups is 1. The number of imidazole rings is 1. The summed E-state index contributed by atoms with van der Waals surface area (Å²) in [4.78, 5) is 19.0. The number of nitrogens with zero attached hydrogens (tertiary/aromatic N) is 3. The van der Waals surface area contributed by atoms with Gasteiger partial charge in [0.15, 0.2) is 11.3 Å². The van der Waals surface area contributed by atoms with E-state index in [-0.39, 0.29) is 5.97 Å². The number of esters is 1. The van der Waals surface area contributed by atoms with E-state index in [0.29, 0.717) is 18.0 Å². The predicted octanol–water partition coefficient (Wildman–Crippen LogP) is 3.56. The lowest BCUT2D eigenvalue weighted by Gasteiger charge is -2.23. The lowest BCUT2D eigenvalue weighted by Crippen LogP contribution is -2.17. The van der Waals surface area contributed by atoms with Gasteiger partial charge in [0, 0.05) is 24.1 Å². The van der Waals surface area contributed by atoms with E-state index in [0.717, 1.165) is 29.3 Å². The van der Waals surface area contributed by atoms with Gasteiger partial charge in [-0.1, -0.05) is 0 Å². The van der Waals surface area contributed by atoms with Crippen molar-refractivity contribution in [2.45, 2.75) is 20.8 Å². The monoisotopic (exact) mass is 338 g/mol. The Labute approximate surface area is 146 Å². The molecule has 0 saturated carbocycles. The summed E-state index contributed by atoms with van der Waals surface area (Å²) in [5.74, 6) is -0.361. The molecular formula is C19H22N4O2. The lowest BCUT2D eigenvalue weighted by atomic mass is 10.2. The fourth-order valence-electron chi connectivity index (χ4n) is 2.97. The van der Waals surface area contributed by atoms with Crippen LogP contribution in [0, 0.1) is 6.92 Å². The number of aryl methyl sites for hydroxylation is 1. The Bertz CT molecular complexity index is 900. The maximum Gasteiger partial charge on any atom is 0.357 e. The zero-order valence-electron chi connectivity index (χ0n) is 14.7. The van der Waals surface area contributed by atoms with Gasteiger partial charge >= 0.3 is 5.97 Å². The standard InChI is InChI=1S/C19H22N4O2/c1-4-22(15-10-8-14(20)9-11-15)16-7-6-12-23-17(19(24)25-5-2)13(3)21-18(16)23/h6-12H,4-5,20H2,1-3H3. The van der Waals surface area contributed by atoms with E-state index in [2.05, 4.69) is 16.8 Å². The van der Waals surface area contributed by atoms with Crippen molar-refractivity contribution in [2.24, 2.45) is 0 Å². The molecule has 0 aliphatic carbocycles. The van der Waals surface area contributed by atoms with Gasteiger partial charge in [-0.05, 0) is 57.2 Å². The van der Waals surface area contributed by atoms with Crippen molar-refractivity contribution in [1.82, 2.24) is 9.38 Å². The number of aromatic nitrogens is 2. The van der Waals surface area contributed by atoms with Crippen LogP contribution in [-0.2, 0) is 4.74 Å². The molecule has 0 amide bonds. The Morgan fingerprint density at radius 2 is 1.96 bits per heavy atom. The molecule has 6 nitrogen and oxygen atoms in total. The highest BCUT2D eigenvalue weighted by molar-refractivity contribution is 5.91. The molecule has 2 heterocycles. The first-order valence-corrected chi connectivity index (χ1v) is 8.34. The zero-order chi connectivity index (χ0) is 18.0. The number of rotatable bonds is 5. The quantitative estimate of drug-likeness (QED) is 0.569. The number of fused-ring (bicyclic) bond motifs is 1. The highest BCUT2D eigenvalue weighted by Gasteiger charge is 2.21. The highest BCUT2D eigenvalue weighted by atomic mass is 16.5. The number of hydrogen-bond acceptors (Lipinski definition) is 5. The van der Waals surface area contributed by atoms with E-state index in [1.165, 1.54) is 0 Å². The Morgan fingerprint density at radius 3 is 2.60 bits per heavy atom. The minimum absolute atomic E-state index is 0.331. The summed E-state index contributed by atoms with van der Waals surface area (Å²) in [6.07, 6.45) is 1.84. The molecule has 0 spiro atoms. The molecule has 2 aromatic heterocycles. The zero-order valence-corrected chi connectivity index (χ0v) is 14.7. The molecule has 130 valence electrons. The lowest BCUT2D eigenvalue weighted by molar-refractivity contribution is 0.0517. The summed E-state index contributed by atoms with van der Waals surface area (Å²) >= 11 is 0. The third-order valence-corrected chi connectivity index (χ3v) is 4.08. The Morgan fingerprint density at radius 1 is 1.24 bits per heavy atom. The molecule has 6 heteroatoms. The van der Waals surface area contributed by atoms with Crippen molar-refractivity contribution in [3.8, 4) is 0 Å². The topological polar surface area (TPSA) is 72.9 Å². The van der Waals surface area contributed by atoms with Gasteiger partial charge < -0.3 is 15.4 Å². The normalized spacial score (nSPS) is 10.8. The molecule has 0 saturated heterocycles. The Kier molecular flexibility index (Phi) is 4.61. The van der Waals surface area contributed by atoms with Crippen LogP contribution in [0.3, 0.4) is 0 Å². The van der Waals surface area contributed by atoms with Crippen LogP contribution in [0.2, 0.25) is 0 Å². The van der Waals surface area contributed by atoms with Crippen molar-refractivity contribution < 1.29 is 9.53 Å². The van der Waals surface area contributed by atoms with E-state index < -0.39 is 0 Å². The molecule has 1 aromatic carbocycles.